The molecule has 0 aliphatic carbocycles. The number of anilines is 1. The second kappa shape index (κ2) is 9.68. The summed E-state index contributed by atoms with van der Waals surface area (Å²) in [6.07, 6.45) is 0.681. The summed E-state index contributed by atoms with van der Waals surface area (Å²) in [5.41, 5.74) is 7.85. The zero-order valence-electron chi connectivity index (χ0n) is 15.7. The summed E-state index contributed by atoms with van der Waals surface area (Å²) < 4.78 is 14.3. The average Bonchev–Trinajstić information content (AvgIpc) is 3.28. The fraction of sp³-hybridized carbons (Fsp3) is 0.263. The summed E-state index contributed by atoms with van der Waals surface area (Å²) in [6, 6.07) is 12.4. The molecule has 2 heterocycles. The summed E-state index contributed by atoms with van der Waals surface area (Å²) >= 11 is 1.62. The average molecular weight is 424 g/mol. The summed E-state index contributed by atoms with van der Waals surface area (Å²) in [7, 11) is 4.01. The van der Waals surface area contributed by atoms with E-state index in [1.54, 1.807) is 11.3 Å². The molecule has 3 rings (SSSR count). The topological polar surface area (TPSA) is 79.9 Å². The Bertz CT molecular complexity index is 990. The Morgan fingerprint density at radius 2 is 2.00 bits per heavy atom. The zero-order valence-corrected chi connectivity index (χ0v) is 17.3. The van der Waals surface area contributed by atoms with Crippen LogP contribution in [-0.2, 0) is 13.0 Å². The Balaban J connectivity index is 0.00000280. The number of halogens is 2. The molecule has 0 fully saturated rings. The van der Waals surface area contributed by atoms with E-state index in [9.17, 15) is 9.18 Å². The van der Waals surface area contributed by atoms with E-state index in [0.717, 1.165) is 21.0 Å². The molecule has 28 heavy (non-hydrogen) atoms. The quantitative estimate of drug-likeness (QED) is 0.611. The smallest absolute Gasteiger partial charge is 0.343 e. The lowest BCUT2D eigenvalue weighted by Crippen LogP contribution is -2.20. The van der Waals surface area contributed by atoms with Crippen molar-refractivity contribution in [1.82, 2.24) is 14.8 Å². The molecule has 0 radical (unpaired) electrons. The van der Waals surface area contributed by atoms with Gasteiger partial charge in [-0.1, -0.05) is 12.1 Å². The van der Waals surface area contributed by atoms with Crippen molar-refractivity contribution in [2.45, 2.75) is 13.0 Å². The summed E-state index contributed by atoms with van der Waals surface area (Å²) in [4.78, 5) is 16.3. The number of hydrogen-bond acceptors (Lipinski definition) is 5. The van der Waals surface area contributed by atoms with Crippen LogP contribution in [0.25, 0.3) is 10.4 Å². The maximum atomic E-state index is 12.8. The SMILES string of the molecule is CN(C)c1ccc(-c2ccc(Cn3c(C/C(=C\F)CN)n[nH]c3=O)s2)cc1.Cl. The molecule has 0 saturated carbocycles. The number of nitrogens with one attached hydrogen (secondary N) is 1. The van der Waals surface area contributed by atoms with Gasteiger partial charge in [-0.3, -0.25) is 4.57 Å². The fourth-order valence-electron chi connectivity index (χ4n) is 2.70. The third-order valence-corrected chi connectivity index (χ3v) is 5.40. The van der Waals surface area contributed by atoms with E-state index >= 15 is 0 Å². The molecule has 0 bridgehead atoms. The lowest BCUT2D eigenvalue weighted by atomic mass is 10.1. The van der Waals surface area contributed by atoms with Gasteiger partial charge in [-0.2, -0.15) is 5.10 Å². The van der Waals surface area contributed by atoms with Crippen LogP contribution in [0.2, 0.25) is 0 Å². The van der Waals surface area contributed by atoms with Crippen LogP contribution in [0.3, 0.4) is 0 Å². The van der Waals surface area contributed by atoms with Crippen molar-refractivity contribution < 1.29 is 4.39 Å². The first-order chi connectivity index (χ1) is 13.0. The lowest BCUT2D eigenvalue weighted by Gasteiger charge is -2.12. The van der Waals surface area contributed by atoms with E-state index in [1.165, 1.54) is 4.57 Å². The molecule has 150 valence electrons. The molecule has 0 amide bonds. The minimum absolute atomic E-state index is 0. The van der Waals surface area contributed by atoms with Crippen LogP contribution in [0, 0.1) is 0 Å². The number of hydrogen-bond donors (Lipinski definition) is 2. The fourth-order valence-corrected chi connectivity index (χ4v) is 3.71. The van der Waals surface area contributed by atoms with Gasteiger partial charge in [0.2, 0.25) is 0 Å². The largest absolute Gasteiger partial charge is 0.378 e. The van der Waals surface area contributed by atoms with Crippen LogP contribution >= 0.6 is 23.7 Å². The van der Waals surface area contributed by atoms with Crippen LogP contribution < -0.4 is 16.3 Å². The van der Waals surface area contributed by atoms with E-state index < -0.39 is 0 Å². The van der Waals surface area contributed by atoms with Crippen molar-refractivity contribution in [3.8, 4) is 10.4 Å². The molecule has 0 aliphatic heterocycles. The van der Waals surface area contributed by atoms with Gasteiger partial charge in [0, 0.05) is 42.5 Å². The van der Waals surface area contributed by atoms with Crippen molar-refractivity contribution in [3.63, 3.8) is 0 Å². The molecule has 0 unspecified atom stereocenters. The maximum Gasteiger partial charge on any atom is 0.343 e. The van der Waals surface area contributed by atoms with E-state index in [2.05, 4.69) is 39.4 Å². The van der Waals surface area contributed by atoms with Gasteiger partial charge in [0.1, 0.15) is 5.82 Å². The normalized spacial score (nSPS) is 11.4. The molecule has 3 N–H and O–H groups in total. The number of nitrogens with zero attached hydrogens (tertiary/aromatic N) is 3. The third-order valence-electron chi connectivity index (χ3n) is 4.28. The number of aromatic amines is 1. The van der Waals surface area contributed by atoms with Crippen LogP contribution in [0.5, 0.6) is 0 Å². The van der Waals surface area contributed by atoms with E-state index in [-0.39, 0.29) is 31.1 Å². The van der Waals surface area contributed by atoms with Gasteiger partial charge in [0.25, 0.3) is 0 Å². The van der Waals surface area contributed by atoms with Crippen LogP contribution in [0.15, 0.2) is 53.1 Å². The number of benzene rings is 1. The first-order valence-electron chi connectivity index (χ1n) is 8.50. The Hall–Kier alpha value is -2.42. The van der Waals surface area contributed by atoms with Gasteiger partial charge in [0.05, 0.1) is 12.9 Å². The van der Waals surface area contributed by atoms with E-state index in [4.69, 9.17) is 5.73 Å². The number of nitrogens with two attached hydrogens (primary N) is 1. The number of aromatic nitrogens is 3. The highest BCUT2D eigenvalue weighted by molar-refractivity contribution is 7.15. The Labute approximate surface area is 172 Å². The minimum atomic E-state index is -0.314. The van der Waals surface area contributed by atoms with Gasteiger partial charge >= 0.3 is 5.69 Å². The molecule has 0 aliphatic rings. The maximum absolute atomic E-state index is 12.8. The summed E-state index contributed by atoms with van der Waals surface area (Å²) in [6.45, 7) is 0.471. The molecule has 0 atom stereocenters. The summed E-state index contributed by atoms with van der Waals surface area (Å²) in [5.74, 6) is 0.472. The Morgan fingerprint density at radius 1 is 1.29 bits per heavy atom. The van der Waals surface area contributed by atoms with E-state index in [0.29, 0.717) is 24.3 Å². The van der Waals surface area contributed by atoms with Gasteiger partial charge < -0.3 is 10.6 Å². The highest BCUT2D eigenvalue weighted by Crippen LogP contribution is 2.29. The van der Waals surface area contributed by atoms with Gasteiger partial charge in [-0.15, -0.1) is 23.7 Å². The molecular formula is C19H23ClFN5OS. The summed E-state index contributed by atoms with van der Waals surface area (Å²) in [5, 5.41) is 6.43. The highest BCUT2D eigenvalue weighted by Gasteiger charge is 2.12. The molecule has 0 saturated heterocycles. The third kappa shape index (κ3) is 4.89. The molecule has 6 nitrogen and oxygen atoms in total. The predicted molar refractivity (Wildman–Crippen MR) is 115 cm³/mol. The van der Waals surface area contributed by atoms with Gasteiger partial charge in [0.15, 0.2) is 0 Å². The highest BCUT2D eigenvalue weighted by atomic mass is 35.5. The number of rotatable bonds is 7. The monoisotopic (exact) mass is 423 g/mol. The van der Waals surface area contributed by atoms with Gasteiger partial charge in [-0.25, -0.2) is 14.3 Å². The first-order valence-corrected chi connectivity index (χ1v) is 9.32. The Morgan fingerprint density at radius 3 is 2.61 bits per heavy atom. The van der Waals surface area contributed by atoms with E-state index in [1.807, 2.05) is 26.2 Å². The molecular weight excluding hydrogens is 401 g/mol. The van der Waals surface area contributed by atoms with Crippen molar-refractivity contribution in [1.29, 1.82) is 0 Å². The first kappa shape index (κ1) is 21.9. The second-order valence-corrected chi connectivity index (χ2v) is 7.55. The second-order valence-electron chi connectivity index (χ2n) is 6.39. The van der Waals surface area contributed by atoms with Crippen molar-refractivity contribution in [2.75, 3.05) is 25.5 Å². The van der Waals surface area contributed by atoms with Crippen LogP contribution in [0.4, 0.5) is 10.1 Å². The standard InChI is InChI=1S/C19H22FN5OS.ClH/c1-24(2)15-5-3-14(4-6-15)17-8-7-16(27-17)12-25-18(22-23-19(25)26)9-13(10-20)11-21;/h3-8,10H,9,11-12,21H2,1-2H3,(H,23,26);1H/b13-10+;. The molecule has 9 heteroatoms. The van der Waals surface area contributed by atoms with Crippen LogP contribution in [-0.4, -0.2) is 35.4 Å². The molecule has 2 aromatic heterocycles. The number of H-pyrrole nitrogens is 1. The Kier molecular flexibility index (Phi) is 7.56. The predicted octanol–water partition coefficient (Wildman–Crippen LogP) is 3.19. The number of thiophene rings is 1. The minimum Gasteiger partial charge on any atom is -0.378 e. The van der Waals surface area contributed by atoms with Crippen molar-refractivity contribution in [2.24, 2.45) is 5.73 Å². The zero-order chi connectivity index (χ0) is 19.4. The van der Waals surface area contributed by atoms with Crippen LogP contribution in [0.1, 0.15) is 10.7 Å². The molecule has 0 spiro atoms. The molecule has 3 aromatic rings. The van der Waals surface area contributed by atoms with Gasteiger partial charge in [-0.05, 0) is 35.4 Å². The van der Waals surface area contributed by atoms with Crippen molar-refractivity contribution >= 4 is 29.4 Å². The molecule has 1 aromatic carbocycles. The van der Waals surface area contributed by atoms with Crippen molar-refractivity contribution in [3.05, 3.63) is 69.5 Å². The lowest BCUT2D eigenvalue weighted by molar-refractivity contribution is 0.681.